The van der Waals surface area contributed by atoms with E-state index in [-0.39, 0.29) is 11.9 Å². The van der Waals surface area contributed by atoms with E-state index in [1.165, 1.54) is 23.3 Å². The van der Waals surface area contributed by atoms with Crippen molar-refractivity contribution in [2.24, 2.45) is 5.73 Å². The van der Waals surface area contributed by atoms with E-state index in [1.807, 2.05) is 7.05 Å². The van der Waals surface area contributed by atoms with Crippen LogP contribution >= 0.6 is 15.9 Å². The summed E-state index contributed by atoms with van der Waals surface area (Å²) in [6, 6.07) is 11.1. The molecule has 0 bridgehead atoms. The second-order valence-electron chi connectivity index (χ2n) is 5.37. The Morgan fingerprint density at radius 3 is 2.29 bits per heavy atom. The van der Waals surface area contributed by atoms with E-state index >= 15 is 0 Å². The van der Waals surface area contributed by atoms with Crippen LogP contribution in [0.1, 0.15) is 22.7 Å². The Morgan fingerprint density at radius 2 is 1.76 bits per heavy atom. The molecule has 4 heteroatoms. The van der Waals surface area contributed by atoms with Gasteiger partial charge in [-0.1, -0.05) is 28.1 Å². The molecule has 0 heterocycles. The minimum Gasteiger partial charge on any atom is -0.366 e. The molecule has 0 saturated heterocycles. The van der Waals surface area contributed by atoms with Gasteiger partial charge < -0.3 is 10.6 Å². The molecule has 1 atom stereocenters. The van der Waals surface area contributed by atoms with Crippen molar-refractivity contribution in [3.8, 4) is 0 Å². The van der Waals surface area contributed by atoms with Crippen LogP contribution in [0, 0.1) is 19.7 Å². The van der Waals surface area contributed by atoms with Crippen molar-refractivity contribution in [3.63, 3.8) is 0 Å². The van der Waals surface area contributed by atoms with Gasteiger partial charge in [-0.2, -0.15) is 0 Å². The summed E-state index contributed by atoms with van der Waals surface area (Å²) in [5.41, 5.74) is 10.5. The number of nitrogens with two attached hydrogens (primary N) is 1. The first kappa shape index (κ1) is 16.0. The second-order valence-corrected chi connectivity index (χ2v) is 6.23. The van der Waals surface area contributed by atoms with Gasteiger partial charge in [0.2, 0.25) is 0 Å². The van der Waals surface area contributed by atoms with Crippen LogP contribution < -0.4 is 10.6 Å². The average molecular weight is 351 g/mol. The standard InChI is InChI=1S/C17H20BrFN2/c1-11-6-12(2)8-14(7-11)21(3)17(10-20)15-5-4-13(19)9-16(15)18/h4-9,17H,10,20H2,1-3H3. The van der Waals surface area contributed by atoms with Gasteiger partial charge in [0.05, 0.1) is 6.04 Å². The van der Waals surface area contributed by atoms with Crippen LogP contribution in [0.25, 0.3) is 0 Å². The summed E-state index contributed by atoms with van der Waals surface area (Å²) in [7, 11) is 2.02. The summed E-state index contributed by atoms with van der Waals surface area (Å²) < 4.78 is 14.0. The van der Waals surface area contributed by atoms with Crippen molar-refractivity contribution in [2.45, 2.75) is 19.9 Å². The van der Waals surface area contributed by atoms with Gasteiger partial charge in [-0.15, -0.1) is 0 Å². The summed E-state index contributed by atoms with van der Waals surface area (Å²) in [5, 5.41) is 0. The van der Waals surface area contributed by atoms with Crippen molar-refractivity contribution in [1.82, 2.24) is 0 Å². The SMILES string of the molecule is Cc1cc(C)cc(N(C)C(CN)c2ccc(F)cc2Br)c1. The van der Waals surface area contributed by atoms with E-state index < -0.39 is 0 Å². The molecule has 112 valence electrons. The Balaban J connectivity index is 2.40. The van der Waals surface area contributed by atoms with Gasteiger partial charge in [-0.25, -0.2) is 4.39 Å². The Kier molecular flexibility index (Phi) is 5.01. The third-order valence-electron chi connectivity index (χ3n) is 3.63. The van der Waals surface area contributed by atoms with Gasteiger partial charge in [0.15, 0.2) is 0 Å². The fourth-order valence-corrected chi connectivity index (χ4v) is 3.21. The first-order valence-corrected chi connectivity index (χ1v) is 7.68. The van der Waals surface area contributed by atoms with E-state index in [9.17, 15) is 4.39 Å². The molecule has 2 rings (SSSR count). The molecule has 0 spiro atoms. The maximum Gasteiger partial charge on any atom is 0.124 e. The molecule has 0 aromatic heterocycles. The first-order chi connectivity index (χ1) is 9.92. The normalized spacial score (nSPS) is 12.3. The molecule has 0 amide bonds. The lowest BCUT2D eigenvalue weighted by molar-refractivity contribution is 0.620. The fourth-order valence-electron chi connectivity index (χ4n) is 2.60. The second kappa shape index (κ2) is 6.58. The Morgan fingerprint density at radius 1 is 1.14 bits per heavy atom. The minimum absolute atomic E-state index is 0.0128. The highest BCUT2D eigenvalue weighted by molar-refractivity contribution is 9.10. The van der Waals surface area contributed by atoms with Crippen LogP contribution in [0.5, 0.6) is 0 Å². The maximum atomic E-state index is 13.3. The predicted octanol–water partition coefficient (Wildman–Crippen LogP) is 4.34. The summed E-state index contributed by atoms with van der Waals surface area (Å²) in [6.45, 7) is 4.61. The van der Waals surface area contributed by atoms with E-state index in [0.29, 0.717) is 6.54 Å². The van der Waals surface area contributed by atoms with Crippen LogP contribution in [0.2, 0.25) is 0 Å². The van der Waals surface area contributed by atoms with Gasteiger partial charge in [0, 0.05) is 23.8 Å². The highest BCUT2D eigenvalue weighted by Crippen LogP contribution is 2.31. The van der Waals surface area contributed by atoms with Crippen molar-refractivity contribution in [2.75, 3.05) is 18.5 Å². The van der Waals surface area contributed by atoms with Gasteiger partial charge in [-0.05, 0) is 54.8 Å². The number of rotatable bonds is 4. The maximum absolute atomic E-state index is 13.3. The summed E-state index contributed by atoms with van der Waals surface area (Å²) in [4.78, 5) is 2.14. The number of benzene rings is 2. The fraction of sp³-hybridized carbons (Fsp3) is 0.294. The number of nitrogens with zero attached hydrogens (tertiary/aromatic N) is 1. The topological polar surface area (TPSA) is 29.3 Å². The molecular formula is C17H20BrFN2. The van der Waals surface area contributed by atoms with Crippen molar-refractivity contribution < 1.29 is 4.39 Å². The van der Waals surface area contributed by atoms with Crippen LogP contribution in [0.15, 0.2) is 40.9 Å². The Hall–Kier alpha value is -1.39. The van der Waals surface area contributed by atoms with E-state index in [1.54, 1.807) is 6.07 Å². The zero-order valence-electron chi connectivity index (χ0n) is 12.5. The molecule has 2 N–H and O–H groups in total. The molecule has 2 aromatic carbocycles. The van der Waals surface area contributed by atoms with Gasteiger partial charge in [-0.3, -0.25) is 0 Å². The number of aryl methyl sites for hydroxylation is 2. The van der Waals surface area contributed by atoms with Crippen molar-refractivity contribution in [3.05, 3.63) is 63.4 Å². The van der Waals surface area contributed by atoms with E-state index in [0.717, 1.165) is 15.7 Å². The molecule has 0 aliphatic rings. The lowest BCUT2D eigenvalue weighted by Crippen LogP contribution is -2.30. The predicted molar refractivity (Wildman–Crippen MR) is 90.2 cm³/mol. The lowest BCUT2D eigenvalue weighted by Gasteiger charge is -2.30. The molecule has 0 radical (unpaired) electrons. The number of hydrogen-bond acceptors (Lipinski definition) is 2. The molecule has 0 fully saturated rings. The summed E-state index contributed by atoms with van der Waals surface area (Å²) in [6.07, 6.45) is 0. The average Bonchev–Trinajstić information content (AvgIpc) is 2.40. The third kappa shape index (κ3) is 3.63. The number of halogens is 2. The highest BCUT2D eigenvalue weighted by atomic mass is 79.9. The Bertz CT molecular complexity index is 622. The molecular weight excluding hydrogens is 331 g/mol. The quantitative estimate of drug-likeness (QED) is 0.888. The largest absolute Gasteiger partial charge is 0.366 e. The van der Waals surface area contributed by atoms with Crippen molar-refractivity contribution >= 4 is 21.6 Å². The van der Waals surface area contributed by atoms with Gasteiger partial charge in [0.1, 0.15) is 5.82 Å². The minimum atomic E-state index is -0.254. The summed E-state index contributed by atoms with van der Waals surface area (Å²) in [5.74, 6) is -0.254. The lowest BCUT2D eigenvalue weighted by atomic mass is 10.0. The molecule has 2 nitrogen and oxygen atoms in total. The highest BCUT2D eigenvalue weighted by Gasteiger charge is 2.19. The number of hydrogen-bond donors (Lipinski definition) is 1. The molecule has 0 aliphatic carbocycles. The van der Waals surface area contributed by atoms with Crippen LogP contribution in [-0.4, -0.2) is 13.6 Å². The van der Waals surface area contributed by atoms with Crippen LogP contribution in [0.4, 0.5) is 10.1 Å². The molecule has 0 aliphatic heterocycles. The molecule has 2 aromatic rings. The molecule has 21 heavy (non-hydrogen) atoms. The molecule has 0 saturated carbocycles. The van der Waals surface area contributed by atoms with Crippen LogP contribution in [0.3, 0.4) is 0 Å². The van der Waals surface area contributed by atoms with Crippen LogP contribution in [-0.2, 0) is 0 Å². The monoisotopic (exact) mass is 350 g/mol. The Labute approximate surface area is 133 Å². The number of likely N-dealkylation sites (N-methyl/N-ethyl adjacent to an activating group) is 1. The molecule has 1 unspecified atom stereocenters. The summed E-state index contributed by atoms with van der Waals surface area (Å²) >= 11 is 3.44. The van der Waals surface area contributed by atoms with Gasteiger partial charge in [0.25, 0.3) is 0 Å². The van der Waals surface area contributed by atoms with Gasteiger partial charge >= 0.3 is 0 Å². The zero-order valence-corrected chi connectivity index (χ0v) is 14.1. The smallest absolute Gasteiger partial charge is 0.124 e. The first-order valence-electron chi connectivity index (χ1n) is 6.88. The van der Waals surface area contributed by atoms with E-state index in [4.69, 9.17) is 5.73 Å². The number of anilines is 1. The van der Waals surface area contributed by atoms with E-state index in [2.05, 4.69) is 52.9 Å². The van der Waals surface area contributed by atoms with Crippen molar-refractivity contribution in [1.29, 1.82) is 0 Å². The zero-order chi connectivity index (χ0) is 15.6. The third-order valence-corrected chi connectivity index (χ3v) is 4.31.